The van der Waals surface area contributed by atoms with Crippen LogP contribution >= 0.6 is 0 Å². The van der Waals surface area contributed by atoms with Gasteiger partial charge in [-0.15, -0.1) is 0 Å². The first kappa shape index (κ1) is 13.1. The number of hydrogen-bond donors (Lipinski definition) is 0. The highest BCUT2D eigenvalue weighted by molar-refractivity contribution is 5.04. The Bertz CT molecular complexity index is 253. The quantitative estimate of drug-likeness (QED) is 0.596. The molecule has 0 heterocycles. The molecule has 90 valence electrons. The van der Waals surface area contributed by atoms with Crippen LogP contribution in [0.3, 0.4) is 0 Å². The molecule has 0 aromatic heterocycles. The minimum absolute atomic E-state index is 0.411. The third-order valence-electron chi connectivity index (χ3n) is 3.11. The van der Waals surface area contributed by atoms with Crippen molar-refractivity contribution in [1.82, 2.24) is 0 Å². The largest absolute Gasteiger partial charge is 0.207 e. The number of halogens is 2. The molecule has 0 saturated heterocycles. The van der Waals surface area contributed by atoms with E-state index in [2.05, 4.69) is 13.8 Å². The molecule has 0 spiro atoms. The molecule has 0 atom stereocenters. The fourth-order valence-electron chi connectivity index (χ4n) is 1.86. The predicted molar refractivity (Wildman–Crippen MR) is 63.2 cm³/mol. The molecule has 0 bridgehead atoms. The van der Waals surface area contributed by atoms with Crippen LogP contribution < -0.4 is 0 Å². The van der Waals surface area contributed by atoms with Gasteiger partial charge in [0.1, 0.15) is 11.6 Å². The lowest BCUT2D eigenvalue weighted by atomic mass is 9.84. The highest BCUT2D eigenvalue weighted by Gasteiger charge is 2.13. The molecule has 0 N–H and O–H groups in total. The molecule has 0 aliphatic heterocycles. The van der Waals surface area contributed by atoms with E-state index >= 15 is 0 Å². The summed E-state index contributed by atoms with van der Waals surface area (Å²) in [5.41, 5.74) is 0. The highest BCUT2D eigenvalue weighted by atomic mass is 19.1. The fraction of sp³-hybridized carbons (Fsp3) is 0.571. The minimum Gasteiger partial charge on any atom is -0.207 e. The van der Waals surface area contributed by atoms with Crippen LogP contribution in [0.15, 0.2) is 24.3 Å². The van der Waals surface area contributed by atoms with Crippen molar-refractivity contribution in [2.24, 2.45) is 11.8 Å². The second-order valence-electron chi connectivity index (χ2n) is 4.80. The lowest BCUT2D eigenvalue weighted by Gasteiger charge is -2.22. The lowest BCUT2D eigenvalue weighted by molar-refractivity contribution is 0.308. The van der Waals surface area contributed by atoms with E-state index in [-0.39, 0.29) is 0 Å². The molecule has 1 fully saturated rings. The summed E-state index contributed by atoms with van der Waals surface area (Å²) in [5, 5.41) is 0. The van der Waals surface area contributed by atoms with Gasteiger partial charge in [-0.1, -0.05) is 39.5 Å². The molecule has 1 saturated carbocycles. The van der Waals surface area contributed by atoms with E-state index in [0.29, 0.717) is 0 Å². The van der Waals surface area contributed by atoms with Crippen LogP contribution in [0.4, 0.5) is 8.78 Å². The third-order valence-corrected chi connectivity index (χ3v) is 3.11. The second-order valence-corrected chi connectivity index (χ2v) is 4.80. The summed E-state index contributed by atoms with van der Waals surface area (Å²) in [6.45, 7) is 4.73. The van der Waals surface area contributed by atoms with Crippen molar-refractivity contribution in [2.75, 3.05) is 0 Å². The number of rotatable bonds is 0. The zero-order valence-electron chi connectivity index (χ0n) is 10.0. The number of hydrogen-bond acceptors (Lipinski definition) is 0. The first-order valence-corrected chi connectivity index (χ1v) is 5.99. The lowest BCUT2D eigenvalue weighted by Crippen LogP contribution is -2.08. The molecule has 0 nitrogen and oxygen atoms in total. The van der Waals surface area contributed by atoms with Gasteiger partial charge >= 0.3 is 0 Å². The zero-order chi connectivity index (χ0) is 12.0. The maximum atomic E-state index is 11.9. The molecular formula is C14H20F2. The molecule has 1 aromatic carbocycles. The minimum atomic E-state index is -0.411. The van der Waals surface area contributed by atoms with Crippen molar-refractivity contribution < 1.29 is 8.78 Å². The third kappa shape index (κ3) is 5.24. The van der Waals surface area contributed by atoms with E-state index in [1.54, 1.807) is 0 Å². The summed E-state index contributed by atoms with van der Waals surface area (Å²) in [4.78, 5) is 0. The van der Waals surface area contributed by atoms with Crippen LogP contribution in [0.1, 0.15) is 39.5 Å². The summed E-state index contributed by atoms with van der Waals surface area (Å²) in [6, 6.07) is 4.31. The van der Waals surface area contributed by atoms with Gasteiger partial charge in [0, 0.05) is 0 Å². The van der Waals surface area contributed by atoms with Crippen LogP contribution in [0.2, 0.25) is 0 Å². The Morgan fingerprint density at radius 1 is 0.750 bits per heavy atom. The molecule has 1 aromatic rings. The van der Waals surface area contributed by atoms with E-state index in [1.807, 2.05) is 0 Å². The van der Waals surface area contributed by atoms with Crippen molar-refractivity contribution in [3.8, 4) is 0 Å². The van der Waals surface area contributed by atoms with Crippen LogP contribution in [0.25, 0.3) is 0 Å². The summed E-state index contributed by atoms with van der Waals surface area (Å²) >= 11 is 0. The average molecular weight is 226 g/mol. The highest BCUT2D eigenvalue weighted by Crippen LogP contribution is 2.27. The molecule has 2 rings (SSSR count). The van der Waals surface area contributed by atoms with Gasteiger partial charge in [0.15, 0.2) is 0 Å². The van der Waals surface area contributed by atoms with Gasteiger partial charge in [-0.3, -0.25) is 0 Å². The Labute approximate surface area is 96.7 Å². The van der Waals surface area contributed by atoms with Crippen molar-refractivity contribution in [3.63, 3.8) is 0 Å². The predicted octanol–water partition coefficient (Wildman–Crippen LogP) is 4.80. The maximum absolute atomic E-state index is 11.9. The average Bonchev–Trinajstić information content (AvgIpc) is 2.28. The molecular weight excluding hydrogens is 206 g/mol. The van der Waals surface area contributed by atoms with E-state index in [1.165, 1.54) is 25.7 Å². The molecule has 16 heavy (non-hydrogen) atoms. The number of benzene rings is 1. The van der Waals surface area contributed by atoms with Gasteiger partial charge in [0.2, 0.25) is 0 Å². The van der Waals surface area contributed by atoms with Gasteiger partial charge < -0.3 is 0 Å². The van der Waals surface area contributed by atoms with Crippen LogP contribution in [0, 0.1) is 23.5 Å². The Morgan fingerprint density at radius 2 is 1.00 bits per heavy atom. The Morgan fingerprint density at radius 3 is 1.25 bits per heavy atom. The van der Waals surface area contributed by atoms with Crippen molar-refractivity contribution >= 4 is 0 Å². The fourth-order valence-corrected chi connectivity index (χ4v) is 1.86. The van der Waals surface area contributed by atoms with E-state index < -0.39 is 11.6 Å². The summed E-state index contributed by atoms with van der Waals surface area (Å²) in [5.74, 6) is 1.22. The van der Waals surface area contributed by atoms with E-state index in [9.17, 15) is 8.78 Å². The van der Waals surface area contributed by atoms with Gasteiger partial charge in [0.05, 0.1) is 0 Å². The topological polar surface area (TPSA) is 0 Å². The summed E-state index contributed by atoms with van der Waals surface area (Å²) < 4.78 is 23.8. The normalized spacial score (nSPS) is 24.5. The second kappa shape index (κ2) is 6.62. The van der Waals surface area contributed by atoms with Crippen LogP contribution in [-0.2, 0) is 0 Å². The zero-order valence-corrected chi connectivity index (χ0v) is 10.0. The van der Waals surface area contributed by atoms with Gasteiger partial charge in [-0.25, -0.2) is 8.78 Å². The van der Waals surface area contributed by atoms with Gasteiger partial charge in [0.25, 0.3) is 0 Å². The SMILES string of the molecule is CC1CCC(C)CC1.Fc1ccc(F)cc1. The van der Waals surface area contributed by atoms with Crippen LogP contribution in [-0.4, -0.2) is 0 Å². The molecule has 2 heteroatoms. The molecule has 0 radical (unpaired) electrons. The standard InChI is InChI=1S/C8H16.C6H4F2/c1-7-3-5-8(2)6-4-7;7-5-1-2-6(8)4-3-5/h7-8H,3-6H2,1-2H3;1-4H. The smallest absolute Gasteiger partial charge is 0.123 e. The van der Waals surface area contributed by atoms with Gasteiger partial charge in [-0.2, -0.15) is 0 Å². The first-order valence-electron chi connectivity index (χ1n) is 5.99. The van der Waals surface area contributed by atoms with E-state index in [4.69, 9.17) is 0 Å². The first-order chi connectivity index (χ1) is 7.58. The molecule has 0 amide bonds. The summed E-state index contributed by atoms with van der Waals surface area (Å²) in [7, 11) is 0. The monoisotopic (exact) mass is 226 g/mol. The molecule has 0 unspecified atom stereocenters. The Balaban J connectivity index is 0.000000160. The summed E-state index contributed by atoms with van der Waals surface area (Å²) in [6.07, 6.45) is 5.89. The van der Waals surface area contributed by atoms with Crippen molar-refractivity contribution in [1.29, 1.82) is 0 Å². The maximum Gasteiger partial charge on any atom is 0.123 e. The molecule has 1 aliphatic rings. The van der Waals surface area contributed by atoms with Crippen LogP contribution in [0.5, 0.6) is 0 Å². The van der Waals surface area contributed by atoms with Crippen molar-refractivity contribution in [2.45, 2.75) is 39.5 Å². The Hall–Kier alpha value is -0.920. The molecule has 1 aliphatic carbocycles. The van der Waals surface area contributed by atoms with Crippen molar-refractivity contribution in [3.05, 3.63) is 35.9 Å². The van der Waals surface area contributed by atoms with Gasteiger partial charge in [-0.05, 0) is 36.1 Å². The Kier molecular flexibility index (Phi) is 5.44. The van der Waals surface area contributed by atoms with E-state index in [0.717, 1.165) is 36.1 Å².